The van der Waals surface area contributed by atoms with E-state index in [1.807, 2.05) is 25.3 Å². The molecule has 1 atom stereocenters. The van der Waals surface area contributed by atoms with Crippen molar-refractivity contribution in [3.05, 3.63) is 40.2 Å². The minimum Gasteiger partial charge on any atom is -0.480 e. The van der Waals surface area contributed by atoms with Crippen molar-refractivity contribution >= 4 is 23.0 Å². The molecular formula is C21H24N6OS. The monoisotopic (exact) mass is 408 g/mol. The number of thiazole rings is 1. The number of pyridine rings is 1. The van der Waals surface area contributed by atoms with Gasteiger partial charge in [0.05, 0.1) is 5.69 Å². The van der Waals surface area contributed by atoms with Gasteiger partial charge in [0.1, 0.15) is 22.8 Å². The highest BCUT2D eigenvalue weighted by Crippen LogP contribution is 2.40. The van der Waals surface area contributed by atoms with Gasteiger partial charge in [0.25, 0.3) is 0 Å². The van der Waals surface area contributed by atoms with Gasteiger partial charge in [0.15, 0.2) is 11.6 Å². The maximum atomic E-state index is 6.11. The summed E-state index contributed by atoms with van der Waals surface area (Å²) in [6.45, 7) is 6.06. The van der Waals surface area contributed by atoms with E-state index < -0.39 is 0 Å². The third-order valence-corrected chi connectivity index (χ3v) is 6.44. The minimum absolute atomic E-state index is 0.197. The Hall–Kier alpha value is -2.74. The number of ether oxygens (including phenoxy) is 1. The number of nitrogens with two attached hydrogens (primary N) is 1. The fraction of sp³-hybridized carbons (Fsp3) is 0.429. The molecule has 0 radical (unpaired) electrons. The van der Waals surface area contributed by atoms with Crippen molar-refractivity contribution < 1.29 is 4.74 Å². The third-order valence-electron chi connectivity index (χ3n) is 5.32. The largest absolute Gasteiger partial charge is 0.480 e. The van der Waals surface area contributed by atoms with E-state index in [9.17, 15) is 0 Å². The summed E-state index contributed by atoms with van der Waals surface area (Å²) in [4.78, 5) is 20.8. The van der Waals surface area contributed by atoms with Gasteiger partial charge in [-0.15, -0.1) is 11.3 Å². The smallest absolute Gasteiger partial charge is 0.166 e. The van der Waals surface area contributed by atoms with Gasteiger partial charge in [-0.2, -0.15) is 0 Å². The standard InChI is InChI=1S/C21H24N6OS/c1-12-11-29-21(24-12)13(2)28-17-8-15(10-23-19(17)22)16-9-18(27-6-3-7-27)26-20(25-16)14-4-5-14/h8-11,13-14H,3-7H2,1-2H3,(H2,22,23). The molecule has 1 unspecified atom stereocenters. The Morgan fingerprint density at radius 2 is 2.03 bits per heavy atom. The molecule has 150 valence electrons. The first kappa shape index (κ1) is 18.3. The van der Waals surface area contributed by atoms with Crippen molar-refractivity contribution in [1.29, 1.82) is 0 Å². The zero-order valence-electron chi connectivity index (χ0n) is 16.6. The molecule has 2 aliphatic rings. The normalized spacial score (nSPS) is 17.1. The van der Waals surface area contributed by atoms with Crippen molar-refractivity contribution in [2.45, 2.75) is 45.1 Å². The average Bonchev–Trinajstić information content (AvgIpc) is 3.43. The number of hydrogen-bond acceptors (Lipinski definition) is 8. The number of aryl methyl sites for hydroxylation is 1. The summed E-state index contributed by atoms with van der Waals surface area (Å²) in [6.07, 6.45) is 5.12. The van der Waals surface area contributed by atoms with E-state index in [1.165, 1.54) is 19.3 Å². The van der Waals surface area contributed by atoms with Crippen molar-refractivity contribution in [2.24, 2.45) is 0 Å². The van der Waals surface area contributed by atoms with E-state index in [-0.39, 0.29) is 6.10 Å². The second-order valence-electron chi connectivity index (χ2n) is 7.78. The third kappa shape index (κ3) is 3.76. The van der Waals surface area contributed by atoms with Crippen LogP contribution in [0.1, 0.15) is 54.7 Å². The molecule has 1 aliphatic heterocycles. The van der Waals surface area contributed by atoms with Gasteiger partial charge in [0, 0.05) is 47.9 Å². The minimum atomic E-state index is -0.197. The number of nitrogens with zero attached hydrogens (tertiary/aromatic N) is 5. The molecule has 2 fully saturated rings. The molecule has 7 nitrogen and oxygen atoms in total. The molecule has 1 saturated carbocycles. The van der Waals surface area contributed by atoms with Crippen LogP contribution in [0, 0.1) is 6.92 Å². The van der Waals surface area contributed by atoms with Gasteiger partial charge < -0.3 is 15.4 Å². The first-order valence-electron chi connectivity index (χ1n) is 10.1. The first-order chi connectivity index (χ1) is 14.1. The Morgan fingerprint density at radius 3 is 2.69 bits per heavy atom. The van der Waals surface area contributed by atoms with Crippen LogP contribution in [0.15, 0.2) is 23.7 Å². The van der Waals surface area contributed by atoms with Crippen LogP contribution in [0.2, 0.25) is 0 Å². The van der Waals surface area contributed by atoms with E-state index in [0.29, 0.717) is 17.5 Å². The Bertz CT molecular complexity index is 1040. The van der Waals surface area contributed by atoms with Crippen LogP contribution in [-0.4, -0.2) is 33.0 Å². The summed E-state index contributed by atoms with van der Waals surface area (Å²) in [6, 6.07) is 3.98. The molecule has 3 aromatic heterocycles. The number of aromatic nitrogens is 4. The molecular weight excluding hydrogens is 384 g/mol. The fourth-order valence-corrected chi connectivity index (χ4v) is 4.10. The summed E-state index contributed by atoms with van der Waals surface area (Å²) in [5.41, 5.74) is 8.86. The van der Waals surface area contributed by atoms with Crippen LogP contribution in [0.5, 0.6) is 5.75 Å². The number of rotatable bonds is 6. The topological polar surface area (TPSA) is 90.0 Å². The highest BCUT2D eigenvalue weighted by Gasteiger charge is 2.29. The van der Waals surface area contributed by atoms with Crippen LogP contribution in [-0.2, 0) is 0 Å². The van der Waals surface area contributed by atoms with Crippen LogP contribution in [0.3, 0.4) is 0 Å². The molecule has 0 spiro atoms. The van der Waals surface area contributed by atoms with E-state index in [4.69, 9.17) is 20.4 Å². The number of nitrogen functional groups attached to an aromatic ring is 1. The molecule has 4 heterocycles. The Balaban J connectivity index is 1.46. The lowest BCUT2D eigenvalue weighted by atomic mass is 10.1. The predicted octanol–water partition coefficient (Wildman–Crippen LogP) is 4.11. The number of anilines is 2. The Kier molecular flexibility index (Phi) is 4.58. The summed E-state index contributed by atoms with van der Waals surface area (Å²) >= 11 is 1.59. The highest BCUT2D eigenvalue weighted by molar-refractivity contribution is 7.09. The zero-order valence-corrected chi connectivity index (χ0v) is 17.4. The second kappa shape index (κ2) is 7.26. The molecule has 0 amide bonds. The predicted molar refractivity (Wildman–Crippen MR) is 114 cm³/mol. The lowest BCUT2D eigenvalue weighted by molar-refractivity contribution is 0.227. The summed E-state index contributed by atoms with van der Waals surface area (Å²) < 4.78 is 6.11. The average molecular weight is 409 g/mol. The maximum absolute atomic E-state index is 6.11. The summed E-state index contributed by atoms with van der Waals surface area (Å²) in [7, 11) is 0. The van der Waals surface area contributed by atoms with Crippen LogP contribution in [0.4, 0.5) is 11.6 Å². The van der Waals surface area contributed by atoms with Crippen molar-refractivity contribution in [3.63, 3.8) is 0 Å². The van der Waals surface area contributed by atoms with Crippen LogP contribution >= 0.6 is 11.3 Å². The van der Waals surface area contributed by atoms with Gasteiger partial charge in [-0.1, -0.05) is 0 Å². The van der Waals surface area contributed by atoms with Gasteiger partial charge in [0.2, 0.25) is 0 Å². The molecule has 3 aromatic rings. The lowest BCUT2D eigenvalue weighted by Crippen LogP contribution is -2.37. The van der Waals surface area contributed by atoms with Gasteiger partial charge in [-0.05, 0) is 39.2 Å². The van der Waals surface area contributed by atoms with Gasteiger partial charge >= 0.3 is 0 Å². The van der Waals surface area contributed by atoms with Crippen LogP contribution in [0.25, 0.3) is 11.3 Å². The van der Waals surface area contributed by atoms with E-state index in [1.54, 1.807) is 17.5 Å². The lowest BCUT2D eigenvalue weighted by Gasteiger charge is -2.32. The molecule has 8 heteroatoms. The van der Waals surface area contributed by atoms with E-state index in [2.05, 4.69) is 20.9 Å². The molecule has 0 bridgehead atoms. The van der Waals surface area contributed by atoms with Crippen molar-refractivity contribution in [2.75, 3.05) is 23.7 Å². The highest BCUT2D eigenvalue weighted by atomic mass is 32.1. The molecule has 2 N–H and O–H groups in total. The van der Waals surface area contributed by atoms with E-state index >= 15 is 0 Å². The SMILES string of the molecule is Cc1csc(C(C)Oc2cc(-c3cc(N4CCC4)nc(C4CC4)n3)cnc2N)n1. The summed E-state index contributed by atoms with van der Waals surface area (Å²) in [5.74, 6) is 3.36. The molecule has 5 rings (SSSR count). The second-order valence-corrected chi connectivity index (χ2v) is 8.67. The summed E-state index contributed by atoms with van der Waals surface area (Å²) in [5, 5.41) is 2.94. The van der Waals surface area contributed by atoms with Gasteiger partial charge in [-0.3, -0.25) is 0 Å². The molecule has 29 heavy (non-hydrogen) atoms. The number of hydrogen-bond donors (Lipinski definition) is 1. The quantitative estimate of drug-likeness (QED) is 0.656. The Morgan fingerprint density at radius 1 is 1.21 bits per heavy atom. The molecule has 1 aliphatic carbocycles. The van der Waals surface area contributed by atoms with Crippen molar-refractivity contribution in [1.82, 2.24) is 19.9 Å². The maximum Gasteiger partial charge on any atom is 0.166 e. The first-order valence-corrected chi connectivity index (χ1v) is 10.9. The van der Waals surface area contributed by atoms with E-state index in [0.717, 1.165) is 46.7 Å². The Labute approximate surface area is 174 Å². The fourth-order valence-electron chi connectivity index (χ4n) is 3.32. The molecule has 1 saturated heterocycles. The van der Waals surface area contributed by atoms with Gasteiger partial charge in [-0.25, -0.2) is 19.9 Å². The van der Waals surface area contributed by atoms with Crippen molar-refractivity contribution in [3.8, 4) is 17.0 Å². The molecule has 0 aromatic carbocycles. The zero-order chi connectivity index (χ0) is 20.0. The van der Waals surface area contributed by atoms with Crippen LogP contribution < -0.4 is 15.4 Å².